The molecule has 1 aromatic carbocycles. The third kappa shape index (κ3) is 3.54. The van der Waals surface area contributed by atoms with Gasteiger partial charge in [0.05, 0.1) is 8.66 Å². The molecule has 0 aliphatic carbocycles. The third-order valence-corrected chi connectivity index (χ3v) is 5.25. The summed E-state index contributed by atoms with van der Waals surface area (Å²) in [6.07, 6.45) is 3.49. The first-order valence-electron chi connectivity index (χ1n) is 6.51. The molecule has 0 bridgehead atoms. The molecule has 1 nitrogen and oxygen atoms in total. The van der Waals surface area contributed by atoms with E-state index in [-0.39, 0.29) is 5.78 Å². The Morgan fingerprint density at radius 3 is 2.47 bits per heavy atom. The number of unbranched alkanes of at least 4 members (excludes halogenated alkanes) is 1. The molecule has 0 saturated heterocycles. The van der Waals surface area contributed by atoms with Gasteiger partial charge in [-0.15, -0.1) is 11.3 Å². The lowest BCUT2D eigenvalue weighted by Gasteiger charge is -2.02. The van der Waals surface area contributed by atoms with Crippen LogP contribution in [0.3, 0.4) is 0 Å². The average Bonchev–Trinajstić information content (AvgIpc) is 2.76. The van der Waals surface area contributed by atoms with E-state index in [9.17, 15) is 4.79 Å². The van der Waals surface area contributed by atoms with Crippen LogP contribution in [0.1, 0.15) is 46.1 Å². The van der Waals surface area contributed by atoms with Crippen molar-refractivity contribution in [3.05, 3.63) is 55.7 Å². The Labute approximate surface area is 126 Å². The summed E-state index contributed by atoms with van der Waals surface area (Å²) in [5, 5.41) is 0. The van der Waals surface area contributed by atoms with E-state index in [0.717, 1.165) is 26.2 Å². The minimum Gasteiger partial charge on any atom is -0.288 e. The molecule has 0 aliphatic heterocycles. The van der Waals surface area contributed by atoms with Crippen LogP contribution in [0.15, 0.2) is 34.1 Å². The summed E-state index contributed by atoms with van der Waals surface area (Å²) in [5.74, 6) is 0.112. The molecule has 0 saturated carbocycles. The van der Waals surface area contributed by atoms with Crippen molar-refractivity contribution in [1.29, 1.82) is 0 Å². The highest BCUT2D eigenvalue weighted by Crippen LogP contribution is 2.29. The zero-order valence-electron chi connectivity index (χ0n) is 11.2. The van der Waals surface area contributed by atoms with E-state index in [1.807, 2.05) is 25.1 Å². The van der Waals surface area contributed by atoms with E-state index >= 15 is 0 Å². The summed E-state index contributed by atoms with van der Waals surface area (Å²) < 4.78 is 1.04. The van der Waals surface area contributed by atoms with Crippen molar-refractivity contribution >= 4 is 33.0 Å². The Morgan fingerprint density at radius 1 is 1.26 bits per heavy atom. The summed E-state index contributed by atoms with van der Waals surface area (Å²) in [5.41, 5.74) is 3.20. The van der Waals surface area contributed by atoms with Gasteiger partial charge >= 0.3 is 0 Å². The number of aryl methyl sites for hydroxylation is 2. The normalized spacial score (nSPS) is 10.7. The zero-order chi connectivity index (χ0) is 13.8. The number of halogens is 1. The van der Waals surface area contributed by atoms with Gasteiger partial charge in [0.1, 0.15) is 0 Å². The lowest BCUT2D eigenvalue weighted by Crippen LogP contribution is -1.98. The highest BCUT2D eigenvalue weighted by atomic mass is 79.9. The smallest absolute Gasteiger partial charge is 0.202 e. The van der Waals surface area contributed by atoms with Crippen molar-refractivity contribution in [3.63, 3.8) is 0 Å². The maximum absolute atomic E-state index is 12.3. The maximum Gasteiger partial charge on any atom is 0.202 e. The predicted octanol–water partition coefficient (Wildman–Crippen LogP) is 5.39. The van der Waals surface area contributed by atoms with Crippen molar-refractivity contribution in [2.75, 3.05) is 0 Å². The predicted molar refractivity (Wildman–Crippen MR) is 85.2 cm³/mol. The van der Waals surface area contributed by atoms with Gasteiger partial charge in [0.25, 0.3) is 0 Å². The third-order valence-electron chi connectivity index (χ3n) is 3.12. The number of carbonyl (C=O) groups is 1. The first-order chi connectivity index (χ1) is 9.11. The molecule has 0 radical (unpaired) electrons. The van der Waals surface area contributed by atoms with Crippen molar-refractivity contribution in [3.8, 4) is 0 Å². The first kappa shape index (κ1) is 14.5. The molecule has 2 rings (SSSR count). The number of carbonyl (C=O) groups excluding carboxylic acids is 1. The molecule has 0 aliphatic rings. The Bertz CT molecular complexity index is 549. The van der Waals surface area contributed by atoms with Crippen LogP contribution in [0.5, 0.6) is 0 Å². The molecule has 0 amide bonds. The Kier molecular flexibility index (Phi) is 4.94. The highest BCUT2D eigenvalue weighted by molar-refractivity contribution is 9.11. The van der Waals surface area contributed by atoms with E-state index in [1.165, 1.54) is 29.7 Å². The maximum atomic E-state index is 12.3. The van der Waals surface area contributed by atoms with Crippen LogP contribution in [0.25, 0.3) is 0 Å². The van der Waals surface area contributed by atoms with E-state index in [1.54, 1.807) is 0 Å². The van der Waals surface area contributed by atoms with Crippen molar-refractivity contribution < 1.29 is 4.79 Å². The molecule has 3 heteroatoms. The average molecular weight is 337 g/mol. The van der Waals surface area contributed by atoms with Gasteiger partial charge in [0.15, 0.2) is 0 Å². The van der Waals surface area contributed by atoms with Gasteiger partial charge in [-0.3, -0.25) is 4.79 Å². The SMILES string of the molecule is CCCCc1ccc(C(=O)c2cc(C)c(Br)s2)cc1. The topological polar surface area (TPSA) is 17.1 Å². The molecule has 19 heavy (non-hydrogen) atoms. The number of hydrogen-bond donors (Lipinski definition) is 0. The lowest BCUT2D eigenvalue weighted by atomic mass is 10.0. The number of thiophene rings is 1. The molecular weight excluding hydrogens is 320 g/mol. The Hall–Kier alpha value is -0.930. The van der Waals surface area contributed by atoms with Crippen LogP contribution in [0.4, 0.5) is 0 Å². The second kappa shape index (κ2) is 6.49. The summed E-state index contributed by atoms with van der Waals surface area (Å²) in [6.45, 7) is 4.19. The van der Waals surface area contributed by atoms with Gasteiger partial charge in [-0.25, -0.2) is 0 Å². The van der Waals surface area contributed by atoms with Crippen LogP contribution >= 0.6 is 27.3 Å². The van der Waals surface area contributed by atoms with E-state index in [2.05, 4.69) is 35.0 Å². The van der Waals surface area contributed by atoms with Crippen LogP contribution < -0.4 is 0 Å². The Morgan fingerprint density at radius 2 is 1.95 bits per heavy atom. The minimum atomic E-state index is 0.112. The minimum absolute atomic E-state index is 0.112. The van der Waals surface area contributed by atoms with Crippen LogP contribution in [0, 0.1) is 6.92 Å². The van der Waals surface area contributed by atoms with Gasteiger partial charge in [0, 0.05) is 5.56 Å². The quantitative estimate of drug-likeness (QED) is 0.668. The van der Waals surface area contributed by atoms with Gasteiger partial charge < -0.3 is 0 Å². The number of rotatable bonds is 5. The van der Waals surface area contributed by atoms with Crippen LogP contribution in [0.2, 0.25) is 0 Å². The summed E-state index contributed by atoms with van der Waals surface area (Å²) >= 11 is 4.97. The van der Waals surface area contributed by atoms with E-state index in [4.69, 9.17) is 0 Å². The number of benzene rings is 1. The molecule has 0 N–H and O–H groups in total. The fourth-order valence-electron chi connectivity index (χ4n) is 1.92. The number of ketones is 1. The highest BCUT2D eigenvalue weighted by Gasteiger charge is 2.13. The fourth-order valence-corrected chi connectivity index (χ4v) is 3.41. The Balaban J connectivity index is 2.15. The van der Waals surface area contributed by atoms with Crippen molar-refractivity contribution in [2.24, 2.45) is 0 Å². The summed E-state index contributed by atoms with van der Waals surface area (Å²) in [7, 11) is 0. The molecule has 2 aromatic rings. The fraction of sp³-hybridized carbons (Fsp3) is 0.312. The lowest BCUT2D eigenvalue weighted by molar-refractivity contribution is 0.104. The van der Waals surface area contributed by atoms with Gasteiger partial charge in [-0.1, -0.05) is 37.6 Å². The van der Waals surface area contributed by atoms with E-state index in [0.29, 0.717) is 0 Å². The zero-order valence-corrected chi connectivity index (χ0v) is 13.6. The van der Waals surface area contributed by atoms with Crippen LogP contribution in [-0.4, -0.2) is 5.78 Å². The molecule has 0 unspecified atom stereocenters. The molecule has 100 valence electrons. The van der Waals surface area contributed by atoms with Gasteiger partial charge in [-0.2, -0.15) is 0 Å². The molecule has 1 heterocycles. The molecule has 0 spiro atoms. The second-order valence-corrected chi connectivity index (χ2v) is 7.07. The summed E-state index contributed by atoms with van der Waals surface area (Å²) in [6, 6.07) is 9.96. The molecule has 1 aromatic heterocycles. The van der Waals surface area contributed by atoms with Crippen molar-refractivity contribution in [2.45, 2.75) is 33.1 Å². The summed E-state index contributed by atoms with van der Waals surface area (Å²) in [4.78, 5) is 13.1. The van der Waals surface area contributed by atoms with Gasteiger partial charge in [0.2, 0.25) is 5.78 Å². The van der Waals surface area contributed by atoms with Crippen LogP contribution in [-0.2, 0) is 6.42 Å². The van der Waals surface area contributed by atoms with Gasteiger partial charge in [-0.05, 0) is 52.9 Å². The standard InChI is InChI=1S/C16H17BrOS/c1-3-4-5-12-6-8-13(9-7-12)15(18)14-10-11(2)16(17)19-14/h6-10H,3-5H2,1-2H3. The monoisotopic (exact) mass is 336 g/mol. The van der Waals surface area contributed by atoms with Crippen molar-refractivity contribution in [1.82, 2.24) is 0 Å². The first-order valence-corrected chi connectivity index (χ1v) is 8.12. The van der Waals surface area contributed by atoms with E-state index < -0.39 is 0 Å². The number of hydrogen-bond acceptors (Lipinski definition) is 2. The largest absolute Gasteiger partial charge is 0.288 e. The molecular formula is C16H17BrOS. The molecule has 0 atom stereocenters. The molecule has 0 fully saturated rings. The second-order valence-electron chi connectivity index (χ2n) is 4.70.